The quantitative estimate of drug-likeness (QED) is 0.0802. The predicted octanol–water partition coefficient (Wildman–Crippen LogP) is -20.2. The summed E-state index contributed by atoms with van der Waals surface area (Å²) in [5, 5.41) is 169. The van der Waals surface area contributed by atoms with Gasteiger partial charge in [-0.05, 0) is 0 Å². The molecule has 0 saturated carbocycles. The summed E-state index contributed by atoms with van der Waals surface area (Å²) >= 11 is 0. The van der Waals surface area contributed by atoms with Crippen LogP contribution in [0.3, 0.4) is 0 Å². The summed E-state index contributed by atoms with van der Waals surface area (Å²) in [6, 6.07) is 0. The monoisotopic (exact) mass is 780 g/mol. The Balaban J connectivity index is -0.0000000235. The molecule has 0 aromatic rings. The Hall–Kier alpha value is 0.174. The second-order valence-electron chi connectivity index (χ2n) is 3.69. The summed E-state index contributed by atoms with van der Waals surface area (Å²) in [4.78, 5) is 0. The Labute approximate surface area is 298 Å². The van der Waals surface area contributed by atoms with E-state index >= 15 is 0 Å². The minimum absolute atomic E-state index is 0. The molecule has 0 rings (SSSR count). The Kier molecular flexibility index (Phi) is 162. The van der Waals surface area contributed by atoms with Crippen LogP contribution >= 0.6 is 0 Å². The number of hydrogen-bond donors (Lipinski definition) is 22. The van der Waals surface area contributed by atoms with Crippen LogP contribution < -0.4 is 47.8 Å². The first-order chi connectivity index (χ1) is 20.8. The van der Waals surface area contributed by atoms with Crippen LogP contribution in [0.25, 0.3) is 0 Å². The molecule has 0 amide bonds. The molecule has 0 radical (unpaired) electrons. The van der Waals surface area contributed by atoms with E-state index in [1.165, 1.54) is 0 Å². The summed E-state index contributed by atoms with van der Waals surface area (Å²) in [7, 11) is -32.5. The van der Waals surface area contributed by atoms with Crippen LogP contribution in [0.15, 0.2) is 0 Å². The SMILES string of the molecule is OB(O)F.OB(O)F.OB(O)F.OB(O)F.OB(O)F.OB(O)F.OB(O)F.OB(O)F.OB(O)F.OB(O)F.OB(O)F.[Li+].[Li+].[O-]B([O-])F. The van der Waals surface area contributed by atoms with E-state index in [1.807, 2.05) is 0 Å². The van der Waals surface area contributed by atoms with Crippen LogP contribution in [0.2, 0.25) is 0 Å². The van der Waals surface area contributed by atoms with Crippen molar-refractivity contribution in [2.75, 3.05) is 0 Å². The molecule has 0 aliphatic rings. The Morgan fingerprint density at radius 2 is 0.200 bits per heavy atom. The normalized spacial score (nSPS) is 6.48. The standard InChI is InChI=1S/11BFH2O2.BFO2.2Li/c12*2-1(3)4;;/h11*3-4H;;;/q;;;;;;;;;;;-2;2*+1. The van der Waals surface area contributed by atoms with E-state index in [1.54, 1.807) is 0 Å². The van der Waals surface area contributed by atoms with Gasteiger partial charge in [0.05, 0.1) is 0 Å². The van der Waals surface area contributed by atoms with E-state index < -0.39 is 88.7 Å². The van der Waals surface area contributed by atoms with Crippen LogP contribution in [0.1, 0.15) is 0 Å². The van der Waals surface area contributed by atoms with Crippen LogP contribution in [0.4, 0.5) is 51.8 Å². The maximum atomic E-state index is 10.1. The van der Waals surface area contributed by atoms with Gasteiger partial charge in [-0.1, -0.05) is 0 Å². The van der Waals surface area contributed by atoms with Gasteiger partial charge < -0.3 is 125 Å². The van der Waals surface area contributed by atoms with E-state index in [-0.39, 0.29) is 37.7 Å². The Morgan fingerprint density at radius 3 is 0.200 bits per heavy atom. The van der Waals surface area contributed by atoms with E-state index in [0.29, 0.717) is 0 Å². The van der Waals surface area contributed by atoms with Gasteiger partial charge in [0.15, 0.2) is 0 Å². The summed E-state index contributed by atoms with van der Waals surface area (Å²) in [6.07, 6.45) is 0. The molecular weight excluding hydrogens is 756 g/mol. The van der Waals surface area contributed by atoms with Gasteiger partial charge in [-0.25, -0.2) is 0 Å². The minimum atomic E-state index is -3.17. The van der Waals surface area contributed by atoms with Gasteiger partial charge in [-0.15, -0.1) is 0 Å². The van der Waals surface area contributed by atoms with Crippen molar-refractivity contribution >= 4 is 88.7 Å². The molecule has 0 aromatic carbocycles. The molecular formula is H22B12F12Li2O24. The smallest absolute Gasteiger partial charge is 0.867 e. The van der Waals surface area contributed by atoms with E-state index in [0.717, 1.165) is 0 Å². The van der Waals surface area contributed by atoms with E-state index in [4.69, 9.17) is 121 Å². The third kappa shape index (κ3) is 3540000. The number of hydrogen-bond acceptors (Lipinski definition) is 24. The molecule has 50 heavy (non-hydrogen) atoms. The fourth-order valence-corrected chi connectivity index (χ4v) is 0. The number of halogens is 12. The maximum absolute atomic E-state index is 10.1. The van der Waals surface area contributed by atoms with Crippen molar-refractivity contribution in [3.8, 4) is 0 Å². The molecule has 0 saturated heterocycles. The molecule has 50 heteroatoms. The van der Waals surface area contributed by atoms with Crippen molar-refractivity contribution in [1.29, 1.82) is 0 Å². The van der Waals surface area contributed by atoms with Gasteiger partial charge >= 0.3 is 119 Å². The van der Waals surface area contributed by atoms with Crippen LogP contribution in [0.5, 0.6) is 0 Å². The second kappa shape index (κ2) is 87.2. The predicted molar refractivity (Wildman–Crippen MR) is 131 cm³/mol. The van der Waals surface area contributed by atoms with Crippen molar-refractivity contribution in [3.63, 3.8) is 0 Å². The minimum Gasteiger partial charge on any atom is -0.867 e. The first-order valence-electron chi connectivity index (χ1n) is 8.77. The zero-order chi connectivity index (χ0) is 42.9. The molecule has 0 fully saturated rings. The van der Waals surface area contributed by atoms with Gasteiger partial charge in [0.2, 0.25) is 0 Å². The van der Waals surface area contributed by atoms with Crippen molar-refractivity contribution in [2.45, 2.75) is 0 Å². The van der Waals surface area contributed by atoms with Gasteiger partial charge in [0, 0.05) is 0 Å². The fraction of sp³-hybridized carbons (Fsp3) is 0. The summed E-state index contributed by atoms with van der Waals surface area (Å²) in [6.45, 7) is 0. The molecule has 0 aliphatic heterocycles. The molecule has 0 unspecified atom stereocenters. The topological polar surface area (TPSA) is 491 Å². The summed E-state index contributed by atoms with van der Waals surface area (Å²) < 4.78 is 121. The molecule has 0 heterocycles. The summed E-state index contributed by atoms with van der Waals surface area (Å²) in [5.74, 6) is 0. The first-order valence-corrected chi connectivity index (χ1v) is 8.77. The van der Waals surface area contributed by atoms with Crippen molar-refractivity contribution in [3.05, 3.63) is 0 Å². The third-order valence-corrected chi connectivity index (χ3v) is 0. The van der Waals surface area contributed by atoms with Crippen molar-refractivity contribution in [1.82, 2.24) is 0 Å². The molecule has 0 spiro atoms. The molecule has 0 aromatic heterocycles. The molecule has 0 aliphatic carbocycles. The van der Waals surface area contributed by atoms with Crippen molar-refractivity contribution < 1.29 is 210 Å². The molecule has 0 atom stereocenters. The molecule has 22 N–H and O–H groups in total. The Morgan fingerprint density at radius 1 is 0.200 bits per heavy atom. The third-order valence-electron chi connectivity index (χ3n) is 0. The maximum Gasteiger partial charge on any atom is 1.00 e. The van der Waals surface area contributed by atoms with Crippen LogP contribution in [-0.2, 0) is 0 Å². The van der Waals surface area contributed by atoms with Gasteiger partial charge in [0.1, 0.15) is 7.40 Å². The zero-order valence-corrected chi connectivity index (χ0v) is 24.1. The number of rotatable bonds is 0. The molecule has 24 nitrogen and oxygen atoms in total. The van der Waals surface area contributed by atoms with Crippen LogP contribution in [-0.4, -0.2) is 199 Å². The van der Waals surface area contributed by atoms with Gasteiger partial charge in [-0.3, -0.25) is 47.5 Å². The van der Waals surface area contributed by atoms with Crippen molar-refractivity contribution in [2.24, 2.45) is 0 Å². The first kappa shape index (κ1) is 92.7. The second-order valence-corrected chi connectivity index (χ2v) is 3.69. The molecule has 0 bridgehead atoms. The Bertz CT molecular complexity index is 270. The average molecular weight is 778 g/mol. The fourth-order valence-electron chi connectivity index (χ4n) is 0. The van der Waals surface area contributed by atoms with Crippen LogP contribution in [0, 0.1) is 0 Å². The van der Waals surface area contributed by atoms with Gasteiger partial charge in [-0.2, -0.15) is 0 Å². The molecule has 288 valence electrons. The zero-order valence-electron chi connectivity index (χ0n) is 24.1. The van der Waals surface area contributed by atoms with Gasteiger partial charge in [0.25, 0.3) is 0 Å². The average Bonchev–Trinajstić information content (AvgIpc) is 2.61. The largest absolute Gasteiger partial charge is 1.00 e. The van der Waals surface area contributed by atoms with E-state index in [9.17, 15) is 51.8 Å². The summed E-state index contributed by atoms with van der Waals surface area (Å²) in [5.41, 5.74) is 0. The van der Waals surface area contributed by atoms with E-state index in [2.05, 4.69) is 0 Å².